The number of hydrogen-bond donors (Lipinski definition) is 0. The molecular formula is C10H10BN. The van der Waals surface area contributed by atoms with E-state index in [1.807, 2.05) is 0 Å². The summed E-state index contributed by atoms with van der Waals surface area (Å²) in [6, 6.07) is 6.40. The van der Waals surface area contributed by atoms with Gasteiger partial charge in [-0.25, -0.2) is 5.26 Å². The average Bonchev–Trinajstić information content (AvgIpc) is 2.46. The third kappa shape index (κ3) is 1.02. The van der Waals surface area contributed by atoms with Crippen molar-refractivity contribution in [1.29, 1.82) is 5.26 Å². The summed E-state index contributed by atoms with van der Waals surface area (Å²) in [6.45, 7) is 2.25. The van der Waals surface area contributed by atoms with Gasteiger partial charge in [-0.1, -0.05) is 41.1 Å². The highest BCUT2D eigenvalue weighted by atomic mass is 14.2. The van der Waals surface area contributed by atoms with Gasteiger partial charge in [0.05, 0.1) is 0 Å². The number of nitrogens with zero attached hydrogens (tertiary/aromatic N) is 1. The van der Waals surface area contributed by atoms with Crippen LogP contribution >= 0.6 is 0 Å². The molecule has 1 nitrogen and oxygen atoms in total. The zero-order valence-corrected chi connectivity index (χ0v) is 7.17. The van der Waals surface area contributed by atoms with Crippen LogP contribution in [-0.4, -0.2) is 6.71 Å². The number of aryl methyl sites for hydroxylation is 2. The first kappa shape index (κ1) is 7.43. The zero-order chi connectivity index (χ0) is 8.55. The van der Waals surface area contributed by atoms with Crippen molar-refractivity contribution >= 4 is 12.2 Å². The van der Waals surface area contributed by atoms with E-state index in [1.165, 1.54) is 16.6 Å². The van der Waals surface area contributed by atoms with Crippen LogP contribution in [0, 0.1) is 18.2 Å². The second kappa shape index (κ2) is 2.67. The monoisotopic (exact) mass is 155 g/mol. The van der Waals surface area contributed by atoms with E-state index in [4.69, 9.17) is 5.26 Å². The van der Waals surface area contributed by atoms with E-state index in [0.717, 1.165) is 12.7 Å². The Balaban J connectivity index is 2.49. The Morgan fingerprint density at radius 1 is 1.50 bits per heavy atom. The number of benzene rings is 1. The SMILES string of the molecule is Cc1ccc2c(c1)CCB2C#N. The van der Waals surface area contributed by atoms with Gasteiger partial charge in [-0.05, 0) is 13.3 Å². The van der Waals surface area contributed by atoms with Crippen molar-refractivity contribution in [3.05, 3.63) is 29.3 Å². The zero-order valence-electron chi connectivity index (χ0n) is 7.17. The lowest BCUT2D eigenvalue weighted by molar-refractivity contribution is 1.16. The molecule has 58 valence electrons. The summed E-state index contributed by atoms with van der Waals surface area (Å²) in [5.74, 6) is 2.34. The van der Waals surface area contributed by atoms with Gasteiger partial charge in [0.2, 0.25) is 0 Å². The highest BCUT2D eigenvalue weighted by Crippen LogP contribution is 2.14. The summed E-state index contributed by atoms with van der Waals surface area (Å²) in [4.78, 5) is 0. The van der Waals surface area contributed by atoms with Crippen LogP contribution in [0.5, 0.6) is 0 Å². The van der Waals surface area contributed by atoms with Crippen molar-refractivity contribution in [2.75, 3.05) is 0 Å². The van der Waals surface area contributed by atoms with Gasteiger partial charge in [0.15, 0.2) is 0 Å². The summed E-state index contributed by atoms with van der Waals surface area (Å²) in [7, 11) is 0. The average molecular weight is 155 g/mol. The van der Waals surface area contributed by atoms with E-state index in [2.05, 4.69) is 31.1 Å². The first-order valence-corrected chi connectivity index (χ1v) is 4.30. The molecule has 0 atom stereocenters. The molecule has 0 saturated heterocycles. The molecule has 2 rings (SSSR count). The summed E-state index contributed by atoms with van der Waals surface area (Å²) >= 11 is 0. The minimum atomic E-state index is 0.153. The van der Waals surface area contributed by atoms with Crippen LogP contribution in [0.25, 0.3) is 0 Å². The Hall–Kier alpha value is -1.23. The van der Waals surface area contributed by atoms with Gasteiger partial charge in [0.1, 0.15) is 0 Å². The highest BCUT2D eigenvalue weighted by molar-refractivity contribution is 6.81. The molecule has 12 heavy (non-hydrogen) atoms. The molecule has 0 fully saturated rings. The van der Waals surface area contributed by atoms with Gasteiger partial charge in [-0.3, -0.25) is 0 Å². The fraction of sp³-hybridized carbons (Fsp3) is 0.300. The Bertz CT molecular complexity index is 351. The summed E-state index contributed by atoms with van der Waals surface area (Å²) < 4.78 is 0. The lowest BCUT2D eigenvalue weighted by Gasteiger charge is -2.00. The third-order valence-electron chi connectivity index (χ3n) is 2.53. The molecule has 0 spiro atoms. The predicted octanol–water partition coefficient (Wildman–Crippen LogP) is 1.32. The van der Waals surface area contributed by atoms with Crippen molar-refractivity contribution in [1.82, 2.24) is 0 Å². The number of hydrogen-bond acceptors (Lipinski definition) is 1. The Morgan fingerprint density at radius 2 is 2.33 bits per heavy atom. The maximum Gasteiger partial charge on any atom is 0.300 e. The van der Waals surface area contributed by atoms with Crippen LogP contribution in [0.1, 0.15) is 11.1 Å². The molecular weight excluding hydrogens is 145 g/mol. The number of nitriles is 1. The molecule has 0 bridgehead atoms. The molecule has 0 amide bonds. The molecule has 1 aliphatic heterocycles. The first-order valence-electron chi connectivity index (χ1n) is 4.30. The van der Waals surface area contributed by atoms with E-state index < -0.39 is 0 Å². The van der Waals surface area contributed by atoms with Crippen molar-refractivity contribution in [3.63, 3.8) is 0 Å². The fourth-order valence-corrected chi connectivity index (χ4v) is 1.88. The topological polar surface area (TPSA) is 23.8 Å². The largest absolute Gasteiger partial charge is 0.300 e. The predicted molar refractivity (Wildman–Crippen MR) is 50.7 cm³/mol. The highest BCUT2D eigenvalue weighted by Gasteiger charge is 2.25. The lowest BCUT2D eigenvalue weighted by atomic mass is 9.47. The molecule has 0 unspecified atom stereocenters. The number of fused-ring (bicyclic) bond motifs is 1. The Morgan fingerprint density at radius 3 is 3.08 bits per heavy atom. The quantitative estimate of drug-likeness (QED) is 0.518. The van der Waals surface area contributed by atoms with Crippen molar-refractivity contribution < 1.29 is 0 Å². The molecule has 0 aromatic heterocycles. The number of rotatable bonds is 0. The minimum Gasteiger partial charge on any atom is -0.212 e. The van der Waals surface area contributed by atoms with Gasteiger partial charge in [0, 0.05) is 5.97 Å². The van der Waals surface area contributed by atoms with Crippen LogP contribution in [0.3, 0.4) is 0 Å². The van der Waals surface area contributed by atoms with Crippen LogP contribution in [0.2, 0.25) is 6.32 Å². The molecule has 0 radical (unpaired) electrons. The van der Waals surface area contributed by atoms with Gasteiger partial charge in [-0.15, -0.1) is 0 Å². The van der Waals surface area contributed by atoms with E-state index in [1.54, 1.807) is 0 Å². The van der Waals surface area contributed by atoms with Crippen LogP contribution < -0.4 is 5.46 Å². The van der Waals surface area contributed by atoms with Gasteiger partial charge in [0.25, 0.3) is 0 Å². The van der Waals surface area contributed by atoms with Crippen LogP contribution in [-0.2, 0) is 6.42 Å². The molecule has 1 aromatic rings. The molecule has 2 heteroatoms. The van der Waals surface area contributed by atoms with E-state index in [-0.39, 0.29) is 6.71 Å². The van der Waals surface area contributed by atoms with Gasteiger partial charge >= 0.3 is 6.71 Å². The summed E-state index contributed by atoms with van der Waals surface area (Å²) in [5, 5.41) is 8.83. The van der Waals surface area contributed by atoms with E-state index in [9.17, 15) is 0 Å². The molecule has 1 heterocycles. The molecule has 0 saturated carbocycles. The maximum atomic E-state index is 8.83. The van der Waals surface area contributed by atoms with Crippen LogP contribution in [0.15, 0.2) is 18.2 Å². The Kier molecular flexibility index (Phi) is 1.66. The summed E-state index contributed by atoms with van der Waals surface area (Å²) in [5.41, 5.74) is 3.93. The first-order chi connectivity index (χ1) is 5.81. The summed E-state index contributed by atoms with van der Waals surface area (Å²) in [6.07, 6.45) is 2.09. The van der Waals surface area contributed by atoms with E-state index >= 15 is 0 Å². The molecule has 1 aliphatic rings. The van der Waals surface area contributed by atoms with Crippen molar-refractivity contribution in [2.24, 2.45) is 0 Å². The lowest BCUT2D eigenvalue weighted by Crippen LogP contribution is -2.24. The standard InChI is InChI=1S/C10H10BN/c1-8-2-3-10-9(6-8)4-5-11(10)7-12/h2-3,6H,4-5H2,1H3. The maximum absolute atomic E-state index is 8.83. The van der Waals surface area contributed by atoms with Gasteiger partial charge < -0.3 is 0 Å². The minimum absolute atomic E-state index is 0.153. The van der Waals surface area contributed by atoms with Gasteiger partial charge in [-0.2, -0.15) is 0 Å². The molecule has 0 N–H and O–H groups in total. The second-order valence-corrected chi connectivity index (χ2v) is 3.42. The van der Waals surface area contributed by atoms with Crippen molar-refractivity contribution in [2.45, 2.75) is 19.7 Å². The van der Waals surface area contributed by atoms with Crippen molar-refractivity contribution in [3.8, 4) is 5.97 Å². The third-order valence-corrected chi connectivity index (χ3v) is 2.53. The smallest absolute Gasteiger partial charge is 0.212 e. The fourth-order valence-electron chi connectivity index (χ4n) is 1.88. The molecule has 0 aliphatic carbocycles. The second-order valence-electron chi connectivity index (χ2n) is 3.42. The van der Waals surface area contributed by atoms with Crippen LogP contribution in [0.4, 0.5) is 0 Å². The normalized spacial score (nSPS) is 14.2. The Labute approximate surface area is 73.1 Å². The van der Waals surface area contributed by atoms with E-state index in [0.29, 0.717) is 0 Å². The molecule has 1 aromatic carbocycles.